The Morgan fingerprint density at radius 1 is 1.03 bits per heavy atom. The number of rotatable bonds is 8. The van der Waals surface area contributed by atoms with E-state index in [1.807, 2.05) is 60.7 Å². The second-order valence-electron chi connectivity index (χ2n) is 7.30. The maximum atomic E-state index is 12.3. The number of para-hydroxylation sites is 1. The highest BCUT2D eigenvalue weighted by Crippen LogP contribution is 2.20. The Kier molecular flexibility index (Phi) is 7.17. The van der Waals surface area contributed by atoms with Gasteiger partial charge in [-0.25, -0.2) is 10.4 Å². The maximum Gasteiger partial charge on any atom is 0.280 e. The van der Waals surface area contributed by atoms with Gasteiger partial charge in [0.15, 0.2) is 6.10 Å². The molecule has 1 amide bonds. The number of carbonyl (C=O) groups excluding carboxylic acids is 1. The number of nitrogens with zero attached hydrogens (tertiary/aromatic N) is 2. The fourth-order valence-corrected chi connectivity index (χ4v) is 3.26. The highest BCUT2D eigenvalue weighted by atomic mass is 35.5. The third kappa shape index (κ3) is 6.08. The first-order valence-corrected chi connectivity index (χ1v) is 10.8. The van der Waals surface area contributed by atoms with Crippen molar-refractivity contribution in [2.24, 2.45) is 5.10 Å². The molecule has 4 aromatic rings. The Morgan fingerprint density at radius 2 is 1.73 bits per heavy atom. The summed E-state index contributed by atoms with van der Waals surface area (Å²) in [4.78, 5) is 16.7. The number of aromatic nitrogens is 1. The molecule has 0 saturated heterocycles. The van der Waals surface area contributed by atoms with Gasteiger partial charge in [-0.05, 0) is 48.9 Å². The molecule has 1 heterocycles. The smallest absolute Gasteiger partial charge is 0.280 e. The molecule has 0 bridgehead atoms. The zero-order valence-corrected chi connectivity index (χ0v) is 18.7. The molecule has 0 aliphatic carbocycles. The van der Waals surface area contributed by atoms with E-state index in [-0.39, 0.29) is 5.91 Å². The minimum Gasteiger partial charge on any atom is -0.489 e. The molecular formula is C26H22ClN3O3. The first-order valence-electron chi connectivity index (χ1n) is 10.4. The quantitative estimate of drug-likeness (QED) is 0.218. The molecule has 6 nitrogen and oxygen atoms in total. The van der Waals surface area contributed by atoms with Crippen LogP contribution in [-0.2, 0) is 11.4 Å². The summed E-state index contributed by atoms with van der Waals surface area (Å²) in [5.41, 5.74) is 4.96. The summed E-state index contributed by atoms with van der Waals surface area (Å²) >= 11 is 6.21. The second-order valence-corrected chi connectivity index (χ2v) is 7.66. The van der Waals surface area contributed by atoms with Gasteiger partial charge in [-0.3, -0.25) is 4.79 Å². The average molecular weight is 460 g/mol. The predicted molar refractivity (Wildman–Crippen MR) is 130 cm³/mol. The van der Waals surface area contributed by atoms with Gasteiger partial charge in [-0.2, -0.15) is 5.10 Å². The van der Waals surface area contributed by atoms with E-state index in [0.29, 0.717) is 28.8 Å². The Morgan fingerprint density at radius 3 is 2.52 bits per heavy atom. The van der Waals surface area contributed by atoms with E-state index in [4.69, 9.17) is 21.1 Å². The van der Waals surface area contributed by atoms with Gasteiger partial charge in [0.25, 0.3) is 5.91 Å². The van der Waals surface area contributed by atoms with Crippen LogP contribution in [0.5, 0.6) is 11.5 Å². The summed E-state index contributed by atoms with van der Waals surface area (Å²) in [5, 5.41) is 5.23. The van der Waals surface area contributed by atoms with Gasteiger partial charge in [0, 0.05) is 10.9 Å². The number of amides is 1. The number of hydrazone groups is 1. The lowest BCUT2D eigenvalue weighted by Crippen LogP contribution is -2.33. The fraction of sp³-hybridized carbons (Fsp3) is 0.115. The van der Waals surface area contributed by atoms with Crippen LogP contribution in [0.1, 0.15) is 18.1 Å². The van der Waals surface area contributed by atoms with Gasteiger partial charge in [0.05, 0.1) is 11.7 Å². The van der Waals surface area contributed by atoms with Crippen molar-refractivity contribution in [2.75, 3.05) is 0 Å². The molecule has 1 unspecified atom stereocenters. The lowest BCUT2D eigenvalue weighted by atomic mass is 10.2. The second kappa shape index (κ2) is 10.6. The van der Waals surface area contributed by atoms with Crippen LogP contribution in [-0.4, -0.2) is 23.2 Å². The highest BCUT2D eigenvalue weighted by Gasteiger charge is 2.14. The van der Waals surface area contributed by atoms with E-state index < -0.39 is 6.10 Å². The van der Waals surface area contributed by atoms with Gasteiger partial charge < -0.3 is 9.47 Å². The van der Waals surface area contributed by atoms with Crippen LogP contribution in [0.15, 0.2) is 90.0 Å². The predicted octanol–water partition coefficient (Wildman–Crippen LogP) is 5.38. The summed E-state index contributed by atoms with van der Waals surface area (Å²) in [7, 11) is 0. The summed E-state index contributed by atoms with van der Waals surface area (Å²) < 4.78 is 11.5. The normalized spacial score (nSPS) is 11.9. The number of hydrogen-bond acceptors (Lipinski definition) is 5. The number of ether oxygens (including phenoxy) is 2. The van der Waals surface area contributed by atoms with Crippen molar-refractivity contribution in [1.29, 1.82) is 0 Å². The monoisotopic (exact) mass is 459 g/mol. The van der Waals surface area contributed by atoms with Crippen LogP contribution in [0.25, 0.3) is 10.9 Å². The number of hydrogen-bond donors (Lipinski definition) is 1. The molecule has 33 heavy (non-hydrogen) atoms. The van der Waals surface area contributed by atoms with E-state index in [0.717, 1.165) is 16.5 Å². The Bertz CT molecular complexity index is 1260. The van der Waals surface area contributed by atoms with Crippen LogP contribution >= 0.6 is 11.6 Å². The molecule has 1 atom stereocenters. The molecule has 7 heteroatoms. The zero-order valence-electron chi connectivity index (χ0n) is 17.9. The van der Waals surface area contributed by atoms with Crippen molar-refractivity contribution in [3.05, 3.63) is 101 Å². The van der Waals surface area contributed by atoms with Crippen molar-refractivity contribution in [2.45, 2.75) is 19.6 Å². The standard InChI is InChI=1S/C26H22ClN3O3/c1-18(33-23-13-11-22(12-14-23)32-17-19-7-3-2-4-8-19)26(31)30-28-16-21-15-20-9-5-6-10-24(20)29-25(21)27/h2-16,18H,17H2,1H3,(H,30,31)/b28-16+. The van der Waals surface area contributed by atoms with E-state index in [9.17, 15) is 4.79 Å². The Labute approximate surface area is 196 Å². The average Bonchev–Trinajstić information content (AvgIpc) is 2.84. The number of pyridine rings is 1. The first-order chi connectivity index (χ1) is 16.1. The Balaban J connectivity index is 1.29. The number of carbonyl (C=O) groups is 1. The molecule has 1 aromatic heterocycles. The van der Waals surface area contributed by atoms with E-state index >= 15 is 0 Å². The number of nitrogens with one attached hydrogen (secondary N) is 1. The lowest BCUT2D eigenvalue weighted by molar-refractivity contribution is -0.127. The van der Waals surface area contributed by atoms with Crippen LogP contribution in [0.4, 0.5) is 0 Å². The lowest BCUT2D eigenvalue weighted by Gasteiger charge is -2.13. The molecule has 0 fully saturated rings. The first kappa shape index (κ1) is 22.3. The molecule has 0 radical (unpaired) electrons. The summed E-state index contributed by atoms with van der Waals surface area (Å²) in [6, 6.07) is 26.5. The molecule has 1 N–H and O–H groups in total. The van der Waals surface area contributed by atoms with Gasteiger partial charge >= 0.3 is 0 Å². The van der Waals surface area contributed by atoms with Crippen LogP contribution in [0.2, 0.25) is 5.15 Å². The Hall–Kier alpha value is -3.90. The van der Waals surface area contributed by atoms with Crippen molar-refractivity contribution in [1.82, 2.24) is 10.4 Å². The van der Waals surface area contributed by atoms with Gasteiger partial charge in [-0.1, -0.05) is 60.1 Å². The van der Waals surface area contributed by atoms with Crippen molar-refractivity contribution < 1.29 is 14.3 Å². The van der Waals surface area contributed by atoms with Crippen molar-refractivity contribution in [3.8, 4) is 11.5 Å². The van der Waals surface area contributed by atoms with E-state index in [1.54, 1.807) is 31.2 Å². The molecule has 0 aliphatic heterocycles. The summed E-state index contributed by atoms with van der Waals surface area (Å²) in [5.74, 6) is 0.879. The maximum absolute atomic E-state index is 12.3. The van der Waals surface area contributed by atoms with Gasteiger partial charge in [0.2, 0.25) is 0 Å². The van der Waals surface area contributed by atoms with Crippen LogP contribution < -0.4 is 14.9 Å². The summed E-state index contributed by atoms with van der Waals surface area (Å²) in [6.07, 6.45) is 0.717. The minimum absolute atomic E-state index is 0.311. The third-order valence-electron chi connectivity index (χ3n) is 4.84. The zero-order chi connectivity index (χ0) is 23.0. The highest BCUT2D eigenvalue weighted by molar-refractivity contribution is 6.32. The molecular weight excluding hydrogens is 438 g/mol. The molecule has 0 saturated carbocycles. The van der Waals surface area contributed by atoms with Crippen LogP contribution in [0.3, 0.4) is 0 Å². The van der Waals surface area contributed by atoms with Crippen LogP contribution in [0, 0.1) is 0 Å². The third-order valence-corrected chi connectivity index (χ3v) is 5.14. The molecule has 3 aromatic carbocycles. The number of benzene rings is 3. The topological polar surface area (TPSA) is 72.8 Å². The van der Waals surface area contributed by atoms with Gasteiger partial charge in [-0.15, -0.1) is 0 Å². The largest absolute Gasteiger partial charge is 0.489 e. The van der Waals surface area contributed by atoms with E-state index in [2.05, 4.69) is 15.5 Å². The number of fused-ring (bicyclic) bond motifs is 1. The molecule has 166 valence electrons. The minimum atomic E-state index is -0.747. The van der Waals surface area contributed by atoms with Crippen molar-refractivity contribution >= 4 is 34.6 Å². The summed E-state index contributed by atoms with van der Waals surface area (Å²) in [6.45, 7) is 2.13. The van der Waals surface area contributed by atoms with E-state index in [1.165, 1.54) is 6.21 Å². The molecule has 0 aliphatic rings. The number of halogens is 1. The fourth-order valence-electron chi connectivity index (χ4n) is 3.07. The SMILES string of the molecule is CC(Oc1ccc(OCc2ccccc2)cc1)C(=O)N/N=C/c1cc2ccccc2nc1Cl. The van der Waals surface area contributed by atoms with Crippen molar-refractivity contribution in [3.63, 3.8) is 0 Å². The molecule has 0 spiro atoms. The molecule has 4 rings (SSSR count). The van der Waals surface area contributed by atoms with Gasteiger partial charge in [0.1, 0.15) is 23.3 Å².